The molecule has 1 atom stereocenters. The number of ether oxygens (including phenoxy) is 1. The first-order valence-corrected chi connectivity index (χ1v) is 10.9. The third-order valence-electron chi connectivity index (χ3n) is 5.63. The number of carbonyl (C=O) groups excluding carboxylic acids is 1. The third-order valence-corrected chi connectivity index (χ3v) is 5.63. The van der Waals surface area contributed by atoms with Crippen molar-refractivity contribution in [2.75, 3.05) is 31.6 Å². The Hall–Kier alpha value is -3.32. The van der Waals surface area contributed by atoms with Crippen LogP contribution in [-0.2, 0) is 0 Å². The fourth-order valence-corrected chi connectivity index (χ4v) is 3.92. The predicted molar refractivity (Wildman–Crippen MR) is 121 cm³/mol. The second kappa shape index (κ2) is 10.3. The zero-order valence-electron chi connectivity index (χ0n) is 18.1. The summed E-state index contributed by atoms with van der Waals surface area (Å²) in [7, 11) is 0. The summed E-state index contributed by atoms with van der Waals surface area (Å²) in [5, 5.41) is 2.88. The number of hydrogen-bond acceptors (Lipinski definition) is 5. The first-order chi connectivity index (χ1) is 15.6. The summed E-state index contributed by atoms with van der Waals surface area (Å²) in [6.07, 6.45) is 3.71. The first kappa shape index (κ1) is 21.9. The van der Waals surface area contributed by atoms with Crippen LogP contribution in [0, 0.1) is 12.7 Å². The van der Waals surface area contributed by atoms with Crippen molar-refractivity contribution in [3.05, 3.63) is 83.7 Å². The minimum atomic E-state index is -0.268. The van der Waals surface area contributed by atoms with E-state index < -0.39 is 0 Å². The molecule has 0 unspecified atom stereocenters. The van der Waals surface area contributed by atoms with Gasteiger partial charge in [-0.1, -0.05) is 18.2 Å². The Kier molecular flexibility index (Phi) is 7.07. The van der Waals surface area contributed by atoms with Crippen molar-refractivity contribution in [2.24, 2.45) is 0 Å². The number of hydrogen-bond donors (Lipinski definition) is 1. The monoisotopic (exact) mass is 434 g/mol. The Morgan fingerprint density at radius 1 is 1.19 bits per heavy atom. The van der Waals surface area contributed by atoms with Gasteiger partial charge < -0.3 is 10.1 Å². The molecule has 7 heteroatoms. The minimum Gasteiger partial charge on any atom is -0.492 e. The predicted octanol–water partition coefficient (Wildman–Crippen LogP) is 4.43. The van der Waals surface area contributed by atoms with Gasteiger partial charge in [0.1, 0.15) is 24.0 Å². The summed E-state index contributed by atoms with van der Waals surface area (Å²) >= 11 is 0. The van der Waals surface area contributed by atoms with Gasteiger partial charge in [0.15, 0.2) is 0 Å². The Morgan fingerprint density at radius 2 is 1.97 bits per heavy atom. The molecule has 1 aromatic heterocycles. The van der Waals surface area contributed by atoms with Crippen LogP contribution in [-0.4, -0.2) is 47.0 Å². The van der Waals surface area contributed by atoms with Gasteiger partial charge in [0.25, 0.3) is 5.91 Å². The highest BCUT2D eigenvalue weighted by atomic mass is 19.1. The fourth-order valence-electron chi connectivity index (χ4n) is 3.92. The average molecular weight is 435 g/mol. The molecule has 3 aromatic rings. The Balaban J connectivity index is 1.33. The Morgan fingerprint density at radius 3 is 2.72 bits per heavy atom. The van der Waals surface area contributed by atoms with Crippen molar-refractivity contribution in [1.82, 2.24) is 14.9 Å². The number of nitrogens with one attached hydrogen (secondary N) is 1. The summed E-state index contributed by atoms with van der Waals surface area (Å²) < 4.78 is 18.7. The van der Waals surface area contributed by atoms with Crippen LogP contribution in [0.4, 0.5) is 10.1 Å². The molecular weight excluding hydrogens is 407 g/mol. The first-order valence-electron chi connectivity index (χ1n) is 10.9. The molecule has 4 rings (SSSR count). The molecule has 1 fully saturated rings. The normalized spacial score (nSPS) is 16.5. The standard InChI is InChI=1S/C25H27FN4O2/c1-18-23(25(31)29-21-7-3-2-4-8-21)16-27-24(28-18)19-6-5-13-30(17-19)14-15-32-22-11-9-20(26)10-12-22/h2-4,7-12,16,19H,5-6,13-15,17H2,1H3,(H,29,31)/t19-/m1/s1. The molecule has 1 N–H and O–H groups in total. The Labute approximate surface area is 187 Å². The largest absolute Gasteiger partial charge is 0.492 e. The van der Waals surface area contributed by atoms with Crippen LogP contribution >= 0.6 is 0 Å². The summed E-state index contributed by atoms with van der Waals surface area (Å²) in [5.41, 5.74) is 1.91. The highest BCUT2D eigenvalue weighted by Crippen LogP contribution is 2.25. The van der Waals surface area contributed by atoms with E-state index in [4.69, 9.17) is 4.74 Å². The number of piperidine rings is 1. The number of benzene rings is 2. The summed E-state index contributed by atoms with van der Waals surface area (Å²) in [6.45, 7) is 5.02. The molecule has 6 nitrogen and oxygen atoms in total. The topological polar surface area (TPSA) is 67.3 Å². The van der Waals surface area contributed by atoms with Crippen LogP contribution in [0.3, 0.4) is 0 Å². The number of nitrogens with zero attached hydrogens (tertiary/aromatic N) is 3. The maximum atomic E-state index is 13.0. The molecular formula is C25H27FN4O2. The second-order valence-corrected chi connectivity index (χ2v) is 7.99. The van der Waals surface area contributed by atoms with Gasteiger partial charge in [-0.3, -0.25) is 9.69 Å². The van der Waals surface area contributed by atoms with Gasteiger partial charge in [-0.2, -0.15) is 0 Å². The van der Waals surface area contributed by atoms with Gasteiger partial charge in [-0.25, -0.2) is 14.4 Å². The van der Waals surface area contributed by atoms with Gasteiger partial charge in [0.05, 0.1) is 11.3 Å². The highest BCUT2D eigenvalue weighted by Gasteiger charge is 2.24. The molecule has 0 radical (unpaired) electrons. The van der Waals surface area contributed by atoms with E-state index in [2.05, 4.69) is 20.2 Å². The van der Waals surface area contributed by atoms with E-state index >= 15 is 0 Å². The number of para-hydroxylation sites is 1. The number of amides is 1. The van der Waals surface area contributed by atoms with Crippen LogP contribution in [0.2, 0.25) is 0 Å². The maximum Gasteiger partial charge on any atom is 0.259 e. The van der Waals surface area contributed by atoms with Crippen molar-refractivity contribution in [3.63, 3.8) is 0 Å². The number of aromatic nitrogens is 2. The number of halogens is 1. The van der Waals surface area contributed by atoms with Crippen LogP contribution in [0.25, 0.3) is 0 Å². The molecule has 1 aliphatic rings. The number of likely N-dealkylation sites (tertiary alicyclic amines) is 1. The van der Waals surface area contributed by atoms with Gasteiger partial charge in [-0.15, -0.1) is 0 Å². The SMILES string of the molecule is Cc1nc([C@@H]2CCCN(CCOc3ccc(F)cc3)C2)ncc1C(=O)Nc1ccccc1. The van der Waals surface area contributed by atoms with Crippen molar-refractivity contribution < 1.29 is 13.9 Å². The van der Waals surface area contributed by atoms with E-state index in [9.17, 15) is 9.18 Å². The third kappa shape index (κ3) is 5.68. The molecule has 0 bridgehead atoms. The summed E-state index contributed by atoms with van der Waals surface area (Å²) in [6, 6.07) is 15.4. The van der Waals surface area contributed by atoms with Crippen molar-refractivity contribution in [3.8, 4) is 5.75 Å². The van der Waals surface area contributed by atoms with E-state index in [0.29, 0.717) is 23.6 Å². The molecule has 2 heterocycles. The minimum absolute atomic E-state index is 0.205. The molecule has 32 heavy (non-hydrogen) atoms. The highest BCUT2D eigenvalue weighted by molar-refractivity contribution is 6.04. The van der Waals surface area contributed by atoms with Gasteiger partial charge in [0.2, 0.25) is 0 Å². The van der Waals surface area contributed by atoms with Gasteiger partial charge in [0, 0.05) is 30.9 Å². The number of rotatable bonds is 7. The summed E-state index contributed by atoms with van der Waals surface area (Å²) in [5.74, 6) is 1.20. The van der Waals surface area contributed by atoms with E-state index in [1.807, 2.05) is 37.3 Å². The lowest BCUT2D eigenvalue weighted by Gasteiger charge is -2.32. The summed E-state index contributed by atoms with van der Waals surface area (Å²) in [4.78, 5) is 24.1. The molecule has 0 spiro atoms. The fraction of sp³-hybridized carbons (Fsp3) is 0.320. The lowest BCUT2D eigenvalue weighted by Crippen LogP contribution is -2.37. The van der Waals surface area contributed by atoms with Crippen LogP contribution < -0.4 is 10.1 Å². The van der Waals surface area contributed by atoms with Gasteiger partial charge in [-0.05, 0) is 62.7 Å². The molecule has 1 aliphatic heterocycles. The van der Waals surface area contributed by atoms with E-state index in [0.717, 1.165) is 44.0 Å². The number of carbonyl (C=O) groups is 1. The second-order valence-electron chi connectivity index (χ2n) is 7.99. The average Bonchev–Trinajstić information content (AvgIpc) is 2.81. The maximum absolute atomic E-state index is 13.0. The Bertz CT molecular complexity index is 1040. The molecule has 1 saturated heterocycles. The molecule has 0 saturated carbocycles. The molecule has 166 valence electrons. The lowest BCUT2D eigenvalue weighted by molar-refractivity contribution is 0.102. The van der Waals surface area contributed by atoms with Crippen molar-refractivity contribution in [1.29, 1.82) is 0 Å². The van der Waals surface area contributed by atoms with Crippen LogP contribution in [0.1, 0.15) is 40.6 Å². The number of anilines is 1. The molecule has 2 aromatic carbocycles. The van der Waals surface area contributed by atoms with E-state index in [-0.39, 0.29) is 17.6 Å². The van der Waals surface area contributed by atoms with Crippen molar-refractivity contribution in [2.45, 2.75) is 25.7 Å². The van der Waals surface area contributed by atoms with Gasteiger partial charge >= 0.3 is 0 Å². The number of aryl methyl sites for hydroxylation is 1. The van der Waals surface area contributed by atoms with Crippen LogP contribution in [0.5, 0.6) is 5.75 Å². The molecule has 0 aliphatic carbocycles. The quantitative estimate of drug-likeness (QED) is 0.596. The van der Waals surface area contributed by atoms with Crippen LogP contribution in [0.15, 0.2) is 60.8 Å². The zero-order valence-corrected chi connectivity index (χ0v) is 18.1. The van der Waals surface area contributed by atoms with E-state index in [1.54, 1.807) is 18.3 Å². The smallest absolute Gasteiger partial charge is 0.259 e. The van der Waals surface area contributed by atoms with E-state index in [1.165, 1.54) is 12.1 Å². The zero-order chi connectivity index (χ0) is 22.3. The van der Waals surface area contributed by atoms with Crippen molar-refractivity contribution >= 4 is 11.6 Å². The lowest BCUT2D eigenvalue weighted by atomic mass is 9.97. The molecule has 1 amide bonds.